The SMILES string of the molecule is c1ccc2c(c1)C1=C(c3ccccc3C13c1ccccc1-c1cc4c(cc13)oc1ccccc14)C21c2ccccc2-c2cc3c(cc21)oc1ccccc13. The zero-order valence-corrected chi connectivity index (χ0v) is 29.0. The van der Waals surface area contributed by atoms with Crippen LogP contribution in [0, 0.1) is 0 Å². The molecular formula is C52H28O2. The molecule has 2 spiro atoms. The second-order valence-electron chi connectivity index (χ2n) is 15.4. The number of para-hydroxylation sites is 2. The highest BCUT2D eigenvalue weighted by atomic mass is 16.3. The van der Waals surface area contributed by atoms with Gasteiger partial charge in [-0.05, 0) is 114 Å². The summed E-state index contributed by atoms with van der Waals surface area (Å²) >= 11 is 0. The van der Waals surface area contributed by atoms with Crippen molar-refractivity contribution in [1.29, 1.82) is 0 Å². The Kier molecular flexibility index (Phi) is 4.71. The minimum Gasteiger partial charge on any atom is -0.456 e. The highest BCUT2D eigenvalue weighted by molar-refractivity contribution is 6.21. The largest absolute Gasteiger partial charge is 0.456 e. The highest BCUT2D eigenvalue weighted by Gasteiger charge is 2.63. The Morgan fingerprint density at radius 3 is 1.06 bits per heavy atom. The van der Waals surface area contributed by atoms with Crippen molar-refractivity contribution in [2.75, 3.05) is 0 Å². The van der Waals surface area contributed by atoms with Crippen LogP contribution in [0.15, 0.2) is 179 Å². The van der Waals surface area contributed by atoms with Gasteiger partial charge in [0.25, 0.3) is 0 Å². The molecule has 10 aromatic rings. The molecule has 2 atom stereocenters. The Morgan fingerprint density at radius 2 is 0.611 bits per heavy atom. The van der Waals surface area contributed by atoms with E-state index in [2.05, 4.69) is 170 Å². The van der Waals surface area contributed by atoms with Crippen molar-refractivity contribution >= 4 is 55.0 Å². The van der Waals surface area contributed by atoms with E-state index in [4.69, 9.17) is 8.83 Å². The first-order valence-electron chi connectivity index (χ1n) is 18.8. The van der Waals surface area contributed by atoms with Crippen LogP contribution < -0.4 is 0 Å². The molecule has 14 rings (SSSR count). The van der Waals surface area contributed by atoms with Crippen LogP contribution in [0.3, 0.4) is 0 Å². The van der Waals surface area contributed by atoms with Gasteiger partial charge in [0.15, 0.2) is 0 Å². The van der Waals surface area contributed by atoms with Crippen molar-refractivity contribution in [2.45, 2.75) is 10.8 Å². The van der Waals surface area contributed by atoms with E-state index in [9.17, 15) is 0 Å². The van der Waals surface area contributed by atoms with Crippen LogP contribution in [-0.4, -0.2) is 0 Å². The molecule has 0 aliphatic heterocycles. The molecule has 0 saturated heterocycles. The van der Waals surface area contributed by atoms with Gasteiger partial charge in [-0.25, -0.2) is 0 Å². The number of fused-ring (bicyclic) bond motifs is 24. The molecule has 0 amide bonds. The lowest BCUT2D eigenvalue weighted by Crippen LogP contribution is -2.28. The van der Waals surface area contributed by atoms with E-state index in [1.807, 2.05) is 0 Å². The number of benzene rings is 8. The molecule has 248 valence electrons. The summed E-state index contributed by atoms with van der Waals surface area (Å²) in [7, 11) is 0. The van der Waals surface area contributed by atoms with Crippen molar-refractivity contribution in [3.8, 4) is 22.3 Å². The molecule has 4 aliphatic carbocycles. The van der Waals surface area contributed by atoms with E-state index in [-0.39, 0.29) is 0 Å². The summed E-state index contributed by atoms with van der Waals surface area (Å²) in [4.78, 5) is 0. The highest BCUT2D eigenvalue weighted by Crippen LogP contribution is 2.74. The summed E-state index contributed by atoms with van der Waals surface area (Å²) in [5, 5.41) is 4.63. The zero-order chi connectivity index (χ0) is 34.9. The van der Waals surface area contributed by atoms with E-state index >= 15 is 0 Å². The van der Waals surface area contributed by atoms with Crippen LogP contribution in [0.5, 0.6) is 0 Å². The van der Waals surface area contributed by atoms with Crippen LogP contribution in [-0.2, 0) is 10.8 Å². The molecule has 4 aliphatic rings. The Morgan fingerprint density at radius 1 is 0.259 bits per heavy atom. The lowest BCUT2D eigenvalue weighted by atomic mass is 9.66. The Balaban J connectivity index is 1.19. The fourth-order valence-corrected chi connectivity index (χ4v) is 11.5. The van der Waals surface area contributed by atoms with Gasteiger partial charge in [-0.2, -0.15) is 0 Å². The van der Waals surface area contributed by atoms with E-state index in [0.717, 1.165) is 43.9 Å². The molecule has 2 heterocycles. The molecule has 2 unspecified atom stereocenters. The predicted molar refractivity (Wildman–Crippen MR) is 218 cm³/mol. The molecule has 54 heavy (non-hydrogen) atoms. The molecule has 0 fully saturated rings. The second-order valence-corrected chi connectivity index (χ2v) is 15.4. The van der Waals surface area contributed by atoms with Crippen molar-refractivity contribution in [1.82, 2.24) is 0 Å². The van der Waals surface area contributed by atoms with Gasteiger partial charge in [-0.15, -0.1) is 0 Å². The van der Waals surface area contributed by atoms with Crippen LogP contribution in [0.4, 0.5) is 0 Å². The van der Waals surface area contributed by atoms with Gasteiger partial charge in [0.05, 0.1) is 10.8 Å². The first kappa shape index (κ1) is 27.7. The van der Waals surface area contributed by atoms with Crippen LogP contribution in [0.1, 0.15) is 44.5 Å². The van der Waals surface area contributed by atoms with Crippen molar-refractivity contribution in [3.63, 3.8) is 0 Å². The smallest absolute Gasteiger partial charge is 0.135 e. The second kappa shape index (κ2) is 9.17. The van der Waals surface area contributed by atoms with E-state index in [1.54, 1.807) is 0 Å². The van der Waals surface area contributed by atoms with Crippen LogP contribution >= 0.6 is 0 Å². The third-order valence-corrected chi connectivity index (χ3v) is 13.3. The van der Waals surface area contributed by atoms with Gasteiger partial charge >= 0.3 is 0 Å². The fraction of sp³-hybridized carbons (Fsp3) is 0.0385. The number of hydrogen-bond acceptors (Lipinski definition) is 2. The Bertz CT molecular complexity index is 3180. The van der Waals surface area contributed by atoms with Crippen LogP contribution in [0.25, 0.3) is 77.3 Å². The first-order chi connectivity index (χ1) is 26.8. The Hall–Kier alpha value is -6.90. The molecule has 0 radical (unpaired) electrons. The summed E-state index contributed by atoms with van der Waals surface area (Å²) in [5.74, 6) is 0. The molecular weight excluding hydrogens is 657 g/mol. The number of rotatable bonds is 0. The van der Waals surface area contributed by atoms with Crippen molar-refractivity contribution in [2.24, 2.45) is 0 Å². The van der Waals surface area contributed by atoms with Gasteiger partial charge in [-0.3, -0.25) is 0 Å². The molecule has 2 heteroatoms. The van der Waals surface area contributed by atoms with E-state index in [0.29, 0.717) is 0 Å². The van der Waals surface area contributed by atoms with Gasteiger partial charge in [-0.1, -0.05) is 133 Å². The molecule has 8 aromatic carbocycles. The lowest BCUT2D eigenvalue weighted by molar-refractivity contribution is 0.667. The van der Waals surface area contributed by atoms with Gasteiger partial charge < -0.3 is 8.83 Å². The van der Waals surface area contributed by atoms with E-state index < -0.39 is 10.8 Å². The van der Waals surface area contributed by atoms with Crippen molar-refractivity contribution in [3.05, 3.63) is 214 Å². The zero-order valence-electron chi connectivity index (χ0n) is 29.0. The average molecular weight is 685 g/mol. The predicted octanol–water partition coefficient (Wildman–Crippen LogP) is 13.1. The van der Waals surface area contributed by atoms with Gasteiger partial charge in [0.1, 0.15) is 22.3 Å². The fourth-order valence-electron chi connectivity index (χ4n) is 11.5. The standard InChI is InChI=1S/C52H28O2/c1-7-19-39-29(13-1)35-25-37-31-15-5-11-23-45(31)53-47(37)27-43(35)51(39)41-21-9-3-17-33(41)50-49(51)34-18-4-10-22-42(34)52(50)40-20-8-2-14-30(40)36-26-38-32-16-6-12-24-46(32)54-48(38)28-44(36)52/h1-28H. The topological polar surface area (TPSA) is 26.3 Å². The van der Waals surface area contributed by atoms with Gasteiger partial charge in [0, 0.05) is 21.5 Å². The van der Waals surface area contributed by atoms with Crippen LogP contribution in [0.2, 0.25) is 0 Å². The third kappa shape index (κ3) is 2.86. The molecule has 0 bridgehead atoms. The normalized spacial score (nSPS) is 19.6. The number of furan rings is 2. The third-order valence-electron chi connectivity index (χ3n) is 13.3. The minimum atomic E-state index is -0.550. The molecule has 2 nitrogen and oxygen atoms in total. The van der Waals surface area contributed by atoms with Gasteiger partial charge in [0.2, 0.25) is 0 Å². The van der Waals surface area contributed by atoms with Crippen molar-refractivity contribution < 1.29 is 8.83 Å². The maximum absolute atomic E-state index is 6.67. The summed E-state index contributed by atoms with van der Waals surface area (Å²) in [5.41, 5.74) is 21.0. The molecule has 2 aromatic heterocycles. The molecule has 0 N–H and O–H groups in total. The first-order valence-corrected chi connectivity index (χ1v) is 18.8. The number of hydrogen-bond donors (Lipinski definition) is 0. The average Bonchev–Trinajstić information content (AvgIpc) is 4.04. The maximum Gasteiger partial charge on any atom is 0.135 e. The van der Waals surface area contributed by atoms with E-state index in [1.165, 1.54) is 77.9 Å². The minimum absolute atomic E-state index is 0.550. The maximum atomic E-state index is 6.67. The summed E-state index contributed by atoms with van der Waals surface area (Å²) in [6.45, 7) is 0. The number of allylic oxidation sites excluding steroid dienone is 2. The summed E-state index contributed by atoms with van der Waals surface area (Å²) in [6, 6.07) is 63.1. The summed E-state index contributed by atoms with van der Waals surface area (Å²) < 4.78 is 13.3. The lowest BCUT2D eigenvalue weighted by Gasteiger charge is -2.34. The summed E-state index contributed by atoms with van der Waals surface area (Å²) in [6.07, 6.45) is 0. The molecule has 0 saturated carbocycles. The Labute approximate surface area is 310 Å². The quantitative estimate of drug-likeness (QED) is 0.159. The monoisotopic (exact) mass is 684 g/mol.